The first-order valence-electron chi connectivity index (χ1n) is 8.15. The van der Waals surface area contributed by atoms with Crippen molar-refractivity contribution in [2.75, 3.05) is 32.7 Å². The number of carbonyl (C=O) groups excluding carboxylic acids is 1. The van der Waals surface area contributed by atoms with Crippen molar-refractivity contribution in [3.05, 3.63) is 42.5 Å². The van der Waals surface area contributed by atoms with Crippen molar-refractivity contribution in [2.24, 2.45) is 0 Å². The first-order chi connectivity index (χ1) is 11.8. The van der Waals surface area contributed by atoms with Crippen molar-refractivity contribution in [3.8, 4) is 11.4 Å². The van der Waals surface area contributed by atoms with Gasteiger partial charge >= 0.3 is 0 Å². The number of fused-ring (bicyclic) bond motifs is 1. The normalized spacial score (nSPS) is 16.0. The molecule has 0 N–H and O–H groups in total. The van der Waals surface area contributed by atoms with E-state index in [2.05, 4.69) is 22.0 Å². The van der Waals surface area contributed by atoms with Gasteiger partial charge in [-0.2, -0.15) is 0 Å². The van der Waals surface area contributed by atoms with Crippen molar-refractivity contribution in [3.63, 3.8) is 0 Å². The zero-order valence-corrected chi connectivity index (χ0v) is 13.6. The Hall–Kier alpha value is -2.67. The SMILES string of the molecule is CCN1CCN(C(=O)c2ccc3nnc(-c4ccoc4)n3c2)CC1. The van der Waals surface area contributed by atoms with Gasteiger partial charge in [0.05, 0.1) is 17.4 Å². The lowest BCUT2D eigenvalue weighted by Crippen LogP contribution is -2.48. The van der Waals surface area contributed by atoms with Crippen LogP contribution in [0.1, 0.15) is 17.3 Å². The highest BCUT2D eigenvalue weighted by atomic mass is 16.3. The number of likely N-dealkylation sites (N-methyl/N-ethyl adjacent to an activating group) is 1. The number of piperazine rings is 1. The average molecular weight is 325 g/mol. The van der Waals surface area contributed by atoms with Crippen LogP contribution in [0.4, 0.5) is 0 Å². The molecule has 4 rings (SSSR count). The third kappa shape index (κ3) is 2.56. The molecule has 0 bridgehead atoms. The summed E-state index contributed by atoms with van der Waals surface area (Å²) in [5.41, 5.74) is 2.19. The highest BCUT2D eigenvalue weighted by Crippen LogP contribution is 2.20. The van der Waals surface area contributed by atoms with Crippen LogP contribution < -0.4 is 0 Å². The van der Waals surface area contributed by atoms with Gasteiger partial charge in [-0.25, -0.2) is 0 Å². The number of pyridine rings is 1. The van der Waals surface area contributed by atoms with E-state index in [0.717, 1.165) is 38.3 Å². The van der Waals surface area contributed by atoms with Crippen molar-refractivity contribution < 1.29 is 9.21 Å². The third-order valence-corrected chi connectivity index (χ3v) is 4.54. The first kappa shape index (κ1) is 14.9. The Balaban J connectivity index is 1.63. The number of nitrogens with zero attached hydrogens (tertiary/aromatic N) is 5. The lowest BCUT2D eigenvalue weighted by Gasteiger charge is -2.34. The molecule has 124 valence electrons. The minimum atomic E-state index is 0.0551. The fourth-order valence-electron chi connectivity index (χ4n) is 3.06. The maximum Gasteiger partial charge on any atom is 0.255 e. The van der Waals surface area contributed by atoms with E-state index in [9.17, 15) is 4.79 Å². The lowest BCUT2D eigenvalue weighted by molar-refractivity contribution is 0.0643. The summed E-state index contributed by atoms with van der Waals surface area (Å²) < 4.78 is 6.95. The maximum atomic E-state index is 12.8. The molecule has 7 heteroatoms. The number of carbonyl (C=O) groups is 1. The fraction of sp³-hybridized carbons (Fsp3) is 0.353. The summed E-state index contributed by atoms with van der Waals surface area (Å²) in [6.07, 6.45) is 5.03. The zero-order chi connectivity index (χ0) is 16.5. The van der Waals surface area contributed by atoms with Crippen LogP contribution in [0.25, 0.3) is 17.0 Å². The summed E-state index contributed by atoms with van der Waals surface area (Å²) in [6.45, 7) is 6.56. The molecule has 0 aliphatic carbocycles. The van der Waals surface area contributed by atoms with E-state index in [-0.39, 0.29) is 5.91 Å². The largest absolute Gasteiger partial charge is 0.472 e. The Morgan fingerprint density at radius 1 is 1.17 bits per heavy atom. The second kappa shape index (κ2) is 6.09. The Morgan fingerprint density at radius 3 is 2.71 bits per heavy atom. The predicted molar refractivity (Wildman–Crippen MR) is 88.7 cm³/mol. The van der Waals surface area contributed by atoms with Gasteiger partial charge in [-0.1, -0.05) is 6.92 Å². The second-order valence-corrected chi connectivity index (χ2v) is 5.91. The highest BCUT2D eigenvalue weighted by molar-refractivity contribution is 5.94. The van der Waals surface area contributed by atoms with Crippen LogP contribution in [-0.2, 0) is 0 Å². The maximum absolute atomic E-state index is 12.8. The number of aromatic nitrogens is 3. The predicted octanol–water partition coefficient (Wildman–Crippen LogP) is 1.77. The van der Waals surface area contributed by atoms with Crippen LogP contribution in [0.15, 0.2) is 41.3 Å². The molecule has 4 heterocycles. The van der Waals surface area contributed by atoms with E-state index in [1.165, 1.54) is 0 Å². The Kier molecular flexibility index (Phi) is 3.78. The van der Waals surface area contributed by atoms with Crippen LogP contribution in [0.3, 0.4) is 0 Å². The lowest BCUT2D eigenvalue weighted by atomic mass is 10.2. The van der Waals surface area contributed by atoms with Crippen molar-refractivity contribution in [1.29, 1.82) is 0 Å². The monoisotopic (exact) mass is 325 g/mol. The summed E-state index contributed by atoms with van der Waals surface area (Å²) in [5.74, 6) is 0.726. The average Bonchev–Trinajstić information content (AvgIpc) is 3.29. The summed E-state index contributed by atoms with van der Waals surface area (Å²) in [6, 6.07) is 5.47. The van der Waals surface area contributed by atoms with E-state index in [1.807, 2.05) is 33.7 Å². The molecule has 0 aromatic carbocycles. The van der Waals surface area contributed by atoms with Gasteiger partial charge in [0.15, 0.2) is 11.5 Å². The Labute approximate surface area is 139 Å². The number of hydrogen-bond acceptors (Lipinski definition) is 5. The highest BCUT2D eigenvalue weighted by Gasteiger charge is 2.22. The zero-order valence-electron chi connectivity index (χ0n) is 13.6. The molecular weight excluding hydrogens is 306 g/mol. The molecular formula is C17H19N5O2. The molecule has 0 spiro atoms. The van der Waals surface area contributed by atoms with Gasteiger partial charge < -0.3 is 14.2 Å². The number of hydrogen-bond donors (Lipinski definition) is 0. The molecule has 0 unspecified atom stereocenters. The molecule has 0 saturated carbocycles. The summed E-state index contributed by atoms with van der Waals surface area (Å²) in [4.78, 5) is 17.1. The van der Waals surface area contributed by atoms with E-state index in [4.69, 9.17) is 4.42 Å². The van der Waals surface area contributed by atoms with Gasteiger partial charge in [0.1, 0.15) is 6.26 Å². The molecule has 1 amide bonds. The molecule has 3 aromatic heterocycles. The Bertz CT molecular complexity index is 847. The van der Waals surface area contributed by atoms with Crippen LogP contribution in [0.5, 0.6) is 0 Å². The molecule has 3 aromatic rings. The van der Waals surface area contributed by atoms with Gasteiger partial charge in [0.2, 0.25) is 0 Å². The van der Waals surface area contributed by atoms with Crippen LogP contribution in [-0.4, -0.2) is 63.0 Å². The smallest absolute Gasteiger partial charge is 0.255 e. The standard InChI is InChI=1S/C17H19N5O2/c1-2-20-6-8-21(9-7-20)17(23)13-3-4-15-18-19-16(22(15)11-13)14-5-10-24-12-14/h3-5,10-12H,2,6-9H2,1H3. The molecule has 1 aliphatic heterocycles. The molecule has 7 nitrogen and oxygen atoms in total. The number of amides is 1. The van der Waals surface area contributed by atoms with Gasteiger partial charge in [0.25, 0.3) is 5.91 Å². The van der Waals surface area contributed by atoms with Crippen LogP contribution in [0, 0.1) is 0 Å². The molecule has 1 saturated heterocycles. The minimum Gasteiger partial charge on any atom is -0.472 e. The minimum absolute atomic E-state index is 0.0551. The molecule has 0 atom stereocenters. The van der Waals surface area contributed by atoms with E-state index in [0.29, 0.717) is 17.0 Å². The number of rotatable bonds is 3. The first-order valence-corrected chi connectivity index (χ1v) is 8.15. The summed E-state index contributed by atoms with van der Waals surface area (Å²) in [5, 5.41) is 8.34. The van der Waals surface area contributed by atoms with Crippen LogP contribution >= 0.6 is 0 Å². The van der Waals surface area contributed by atoms with Gasteiger partial charge in [-0.15, -0.1) is 10.2 Å². The summed E-state index contributed by atoms with van der Waals surface area (Å²) in [7, 11) is 0. The van der Waals surface area contributed by atoms with E-state index in [1.54, 1.807) is 12.5 Å². The van der Waals surface area contributed by atoms with Gasteiger partial charge in [-0.3, -0.25) is 9.20 Å². The molecule has 24 heavy (non-hydrogen) atoms. The third-order valence-electron chi connectivity index (χ3n) is 4.54. The van der Waals surface area contributed by atoms with Crippen LogP contribution in [0.2, 0.25) is 0 Å². The van der Waals surface area contributed by atoms with Gasteiger partial charge in [0, 0.05) is 32.4 Å². The van der Waals surface area contributed by atoms with Crippen molar-refractivity contribution >= 4 is 11.6 Å². The topological polar surface area (TPSA) is 66.9 Å². The van der Waals surface area contributed by atoms with E-state index < -0.39 is 0 Å². The van der Waals surface area contributed by atoms with Crippen molar-refractivity contribution in [2.45, 2.75) is 6.92 Å². The Morgan fingerprint density at radius 2 is 2.00 bits per heavy atom. The summed E-state index contributed by atoms with van der Waals surface area (Å²) >= 11 is 0. The molecule has 1 aliphatic rings. The van der Waals surface area contributed by atoms with Crippen molar-refractivity contribution in [1.82, 2.24) is 24.4 Å². The van der Waals surface area contributed by atoms with E-state index >= 15 is 0 Å². The molecule has 0 radical (unpaired) electrons. The second-order valence-electron chi connectivity index (χ2n) is 5.91. The number of furan rings is 1. The quantitative estimate of drug-likeness (QED) is 0.734. The fourth-order valence-corrected chi connectivity index (χ4v) is 3.06. The molecule has 1 fully saturated rings. The van der Waals surface area contributed by atoms with Gasteiger partial charge in [-0.05, 0) is 24.7 Å².